The van der Waals surface area contributed by atoms with Crippen molar-refractivity contribution in [1.82, 2.24) is 15.1 Å². The molecule has 110 valence electrons. The highest BCUT2D eigenvalue weighted by Gasteiger charge is 2.02. The Morgan fingerprint density at radius 3 is 2.28 bits per heavy atom. The van der Waals surface area contributed by atoms with Crippen LogP contribution in [0.3, 0.4) is 0 Å². The Bertz CT molecular complexity index is 171. The van der Waals surface area contributed by atoms with E-state index >= 15 is 0 Å². The first-order valence-electron chi connectivity index (χ1n) is 7.63. The van der Waals surface area contributed by atoms with E-state index in [-0.39, 0.29) is 0 Å². The summed E-state index contributed by atoms with van der Waals surface area (Å²) >= 11 is 0. The summed E-state index contributed by atoms with van der Waals surface area (Å²) in [6.45, 7) is 9.23. The number of unbranched alkanes of at least 4 members (excludes halogenated alkanes) is 2. The van der Waals surface area contributed by atoms with Crippen LogP contribution in [0.4, 0.5) is 0 Å². The zero-order chi connectivity index (χ0) is 13.8. The van der Waals surface area contributed by atoms with Gasteiger partial charge in [0.05, 0.1) is 0 Å². The van der Waals surface area contributed by atoms with E-state index in [1.54, 1.807) is 0 Å². The Morgan fingerprint density at radius 2 is 1.67 bits per heavy atom. The molecule has 0 heterocycles. The molecule has 0 rings (SSSR count). The Balaban J connectivity index is 3.35. The second kappa shape index (κ2) is 11.9. The zero-order valence-corrected chi connectivity index (χ0v) is 13.3. The molecular weight excluding hydrogens is 222 g/mol. The minimum Gasteiger partial charge on any atom is -0.313 e. The molecule has 0 aliphatic heterocycles. The van der Waals surface area contributed by atoms with Crippen molar-refractivity contribution in [2.24, 2.45) is 0 Å². The van der Waals surface area contributed by atoms with Crippen molar-refractivity contribution >= 4 is 0 Å². The number of hydrogen-bond acceptors (Lipinski definition) is 3. The zero-order valence-electron chi connectivity index (χ0n) is 13.3. The van der Waals surface area contributed by atoms with Crippen LogP contribution < -0.4 is 5.32 Å². The summed E-state index contributed by atoms with van der Waals surface area (Å²) in [7, 11) is 6.50. The normalized spacial score (nSPS) is 13.5. The predicted octanol–water partition coefficient (Wildman–Crippen LogP) is 2.43. The molecule has 0 aromatic heterocycles. The first-order valence-corrected chi connectivity index (χ1v) is 7.63. The summed E-state index contributed by atoms with van der Waals surface area (Å²) in [6, 6.07) is 0.673. The van der Waals surface area contributed by atoms with Gasteiger partial charge in [0.1, 0.15) is 0 Å². The van der Waals surface area contributed by atoms with Crippen molar-refractivity contribution in [1.29, 1.82) is 0 Å². The quantitative estimate of drug-likeness (QED) is 0.542. The van der Waals surface area contributed by atoms with Crippen LogP contribution >= 0.6 is 0 Å². The van der Waals surface area contributed by atoms with Crippen LogP contribution in [-0.4, -0.2) is 63.2 Å². The Morgan fingerprint density at radius 1 is 0.944 bits per heavy atom. The smallest absolute Gasteiger partial charge is 0.0104 e. The summed E-state index contributed by atoms with van der Waals surface area (Å²) in [5.74, 6) is 0. The standard InChI is InChI=1S/C15H35N3/c1-6-7-8-10-15(2)16-11-14-18(5)13-9-12-17(3)4/h15-16H,6-14H2,1-5H3. The van der Waals surface area contributed by atoms with Crippen LogP contribution in [0.1, 0.15) is 46.0 Å². The average Bonchev–Trinajstić information content (AvgIpc) is 2.29. The first kappa shape index (κ1) is 17.9. The molecule has 0 aliphatic rings. The van der Waals surface area contributed by atoms with Gasteiger partial charge < -0.3 is 15.1 Å². The lowest BCUT2D eigenvalue weighted by atomic mass is 10.1. The molecule has 18 heavy (non-hydrogen) atoms. The van der Waals surface area contributed by atoms with Gasteiger partial charge in [-0.3, -0.25) is 0 Å². The highest BCUT2D eigenvalue weighted by Crippen LogP contribution is 2.02. The maximum atomic E-state index is 3.62. The van der Waals surface area contributed by atoms with Crippen LogP contribution in [0.5, 0.6) is 0 Å². The molecule has 0 spiro atoms. The van der Waals surface area contributed by atoms with Crippen molar-refractivity contribution in [2.75, 3.05) is 47.3 Å². The minimum atomic E-state index is 0.673. The average molecular weight is 257 g/mol. The lowest BCUT2D eigenvalue weighted by Crippen LogP contribution is -2.35. The van der Waals surface area contributed by atoms with Crippen molar-refractivity contribution in [3.05, 3.63) is 0 Å². The van der Waals surface area contributed by atoms with Gasteiger partial charge in [0.2, 0.25) is 0 Å². The summed E-state index contributed by atoms with van der Waals surface area (Å²) in [6.07, 6.45) is 6.63. The lowest BCUT2D eigenvalue weighted by Gasteiger charge is -2.20. The number of likely N-dealkylation sites (N-methyl/N-ethyl adjacent to an activating group) is 1. The third kappa shape index (κ3) is 12.3. The second-order valence-corrected chi connectivity index (χ2v) is 5.81. The molecular formula is C15H35N3. The second-order valence-electron chi connectivity index (χ2n) is 5.81. The van der Waals surface area contributed by atoms with E-state index in [2.05, 4.69) is 50.1 Å². The van der Waals surface area contributed by atoms with Gasteiger partial charge in [0.15, 0.2) is 0 Å². The van der Waals surface area contributed by atoms with Crippen LogP contribution in [0, 0.1) is 0 Å². The molecule has 3 nitrogen and oxygen atoms in total. The summed E-state index contributed by atoms with van der Waals surface area (Å²) < 4.78 is 0. The molecule has 0 aromatic rings. The van der Waals surface area contributed by atoms with E-state index in [0.29, 0.717) is 6.04 Å². The Labute approximate surface area is 115 Å². The van der Waals surface area contributed by atoms with E-state index < -0.39 is 0 Å². The van der Waals surface area contributed by atoms with E-state index in [1.165, 1.54) is 45.2 Å². The van der Waals surface area contributed by atoms with Crippen LogP contribution in [-0.2, 0) is 0 Å². The summed E-state index contributed by atoms with van der Waals surface area (Å²) in [5.41, 5.74) is 0. The fourth-order valence-electron chi connectivity index (χ4n) is 2.07. The lowest BCUT2D eigenvalue weighted by molar-refractivity contribution is 0.294. The van der Waals surface area contributed by atoms with Crippen LogP contribution in [0.15, 0.2) is 0 Å². The molecule has 3 heteroatoms. The van der Waals surface area contributed by atoms with Gasteiger partial charge in [-0.1, -0.05) is 26.2 Å². The van der Waals surface area contributed by atoms with Crippen molar-refractivity contribution in [3.8, 4) is 0 Å². The molecule has 0 fully saturated rings. The topological polar surface area (TPSA) is 18.5 Å². The maximum absolute atomic E-state index is 3.62. The molecule has 0 amide bonds. The third-order valence-electron chi connectivity index (χ3n) is 3.37. The molecule has 0 aliphatic carbocycles. The van der Waals surface area contributed by atoms with E-state index in [1.807, 2.05) is 0 Å². The Hall–Kier alpha value is -0.120. The molecule has 1 atom stereocenters. The van der Waals surface area contributed by atoms with Gasteiger partial charge in [0, 0.05) is 19.1 Å². The third-order valence-corrected chi connectivity index (χ3v) is 3.37. The highest BCUT2D eigenvalue weighted by atomic mass is 15.1. The number of hydrogen-bond donors (Lipinski definition) is 1. The highest BCUT2D eigenvalue weighted by molar-refractivity contribution is 4.63. The molecule has 0 saturated carbocycles. The van der Waals surface area contributed by atoms with Gasteiger partial charge in [-0.25, -0.2) is 0 Å². The van der Waals surface area contributed by atoms with Crippen LogP contribution in [0.2, 0.25) is 0 Å². The van der Waals surface area contributed by atoms with E-state index in [4.69, 9.17) is 0 Å². The monoisotopic (exact) mass is 257 g/mol. The first-order chi connectivity index (χ1) is 8.56. The largest absolute Gasteiger partial charge is 0.313 e. The molecule has 0 saturated heterocycles. The van der Waals surface area contributed by atoms with Gasteiger partial charge in [0.25, 0.3) is 0 Å². The number of rotatable bonds is 12. The maximum Gasteiger partial charge on any atom is 0.0104 e. The van der Waals surface area contributed by atoms with E-state index in [0.717, 1.165) is 13.1 Å². The fourth-order valence-corrected chi connectivity index (χ4v) is 2.07. The molecule has 0 bridgehead atoms. The molecule has 1 N–H and O–H groups in total. The van der Waals surface area contributed by atoms with Gasteiger partial charge in [-0.05, 0) is 54.0 Å². The minimum absolute atomic E-state index is 0.673. The van der Waals surface area contributed by atoms with Crippen molar-refractivity contribution in [2.45, 2.75) is 52.0 Å². The molecule has 0 aromatic carbocycles. The summed E-state index contributed by atoms with van der Waals surface area (Å²) in [5, 5.41) is 3.62. The fraction of sp³-hybridized carbons (Fsp3) is 1.00. The van der Waals surface area contributed by atoms with Crippen LogP contribution in [0.25, 0.3) is 0 Å². The summed E-state index contributed by atoms with van der Waals surface area (Å²) in [4.78, 5) is 4.68. The molecule has 1 unspecified atom stereocenters. The Kier molecular flexibility index (Phi) is 11.9. The SMILES string of the molecule is CCCCCC(C)NCCN(C)CCCN(C)C. The van der Waals surface area contributed by atoms with Gasteiger partial charge >= 0.3 is 0 Å². The van der Waals surface area contributed by atoms with Gasteiger partial charge in [-0.2, -0.15) is 0 Å². The number of nitrogens with zero attached hydrogens (tertiary/aromatic N) is 2. The molecule has 0 radical (unpaired) electrons. The predicted molar refractivity (Wildman–Crippen MR) is 82.3 cm³/mol. The van der Waals surface area contributed by atoms with E-state index in [9.17, 15) is 0 Å². The van der Waals surface area contributed by atoms with Crippen molar-refractivity contribution < 1.29 is 0 Å². The number of nitrogens with one attached hydrogen (secondary N) is 1. The van der Waals surface area contributed by atoms with Crippen molar-refractivity contribution in [3.63, 3.8) is 0 Å². The van der Waals surface area contributed by atoms with Gasteiger partial charge in [-0.15, -0.1) is 0 Å².